The van der Waals surface area contributed by atoms with Gasteiger partial charge in [-0.2, -0.15) is 0 Å². The van der Waals surface area contributed by atoms with Gasteiger partial charge >= 0.3 is 0 Å². The molecule has 1 heterocycles. The highest BCUT2D eigenvalue weighted by Gasteiger charge is 2.28. The molecule has 0 spiro atoms. The average molecular weight is 277 g/mol. The molecule has 0 bridgehead atoms. The molecule has 1 unspecified atom stereocenters. The molecule has 1 atom stereocenters. The van der Waals surface area contributed by atoms with Crippen molar-refractivity contribution < 1.29 is 4.79 Å². The third-order valence-electron chi connectivity index (χ3n) is 3.52. The van der Waals surface area contributed by atoms with Gasteiger partial charge in [0.2, 0.25) is 5.91 Å². The molecule has 1 amide bonds. The Balaban J connectivity index is 2.33. The Morgan fingerprint density at radius 3 is 2.89 bits per heavy atom. The lowest BCUT2D eigenvalue weighted by atomic mass is 10.0. The van der Waals surface area contributed by atoms with E-state index in [1.54, 1.807) is 0 Å². The summed E-state index contributed by atoms with van der Waals surface area (Å²) >= 11 is 5.01. The number of thiocarbonyl (C=S) groups is 1. The van der Waals surface area contributed by atoms with Gasteiger partial charge in [-0.15, -0.1) is 0 Å². The van der Waals surface area contributed by atoms with Crippen molar-refractivity contribution in [3.05, 3.63) is 29.3 Å². The molecule has 1 saturated heterocycles. The summed E-state index contributed by atoms with van der Waals surface area (Å²) in [5.41, 5.74) is 8.67. The zero-order valence-corrected chi connectivity index (χ0v) is 12.1. The Hall–Kier alpha value is -1.62. The number of rotatable bonds is 3. The maximum Gasteiger partial charge on any atom is 0.242 e. The van der Waals surface area contributed by atoms with Crippen molar-refractivity contribution >= 4 is 28.8 Å². The van der Waals surface area contributed by atoms with Crippen LogP contribution < -0.4 is 16.0 Å². The molecule has 1 aliphatic rings. The van der Waals surface area contributed by atoms with Gasteiger partial charge in [-0.3, -0.25) is 4.79 Å². The second kappa shape index (κ2) is 5.57. The van der Waals surface area contributed by atoms with Crippen molar-refractivity contribution in [1.29, 1.82) is 0 Å². The van der Waals surface area contributed by atoms with Crippen LogP contribution in [0.5, 0.6) is 0 Å². The molecule has 0 aromatic heterocycles. The summed E-state index contributed by atoms with van der Waals surface area (Å²) < 4.78 is 0. The van der Waals surface area contributed by atoms with Gasteiger partial charge in [0.25, 0.3) is 0 Å². The molecular weight excluding hydrogens is 258 g/mol. The van der Waals surface area contributed by atoms with Crippen LogP contribution in [-0.2, 0) is 4.79 Å². The predicted octanol–water partition coefficient (Wildman–Crippen LogP) is 1.34. The molecular formula is C14H19N3OS. The third-order valence-corrected chi connectivity index (χ3v) is 3.74. The lowest BCUT2D eigenvalue weighted by molar-refractivity contribution is -0.123. The van der Waals surface area contributed by atoms with Gasteiger partial charge in [-0.25, -0.2) is 0 Å². The van der Waals surface area contributed by atoms with Gasteiger partial charge < -0.3 is 16.0 Å². The molecule has 1 aromatic carbocycles. The minimum atomic E-state index is -0.0937. The van der Waals surface area contributed by atoms with Crippen molar-refractivity contribution in [3.63, 3.8) is 0 Å². The van der Waals surface area contributed by atoms with E-state index in [0.29, 0.717) is 11.5 Å². The van der Waals surface area contributed by atoms with E-state index in [4.69, 9.17) is 18.0 Å². The molecule has 0 aliphatic carbocycles. The second-order valence-electron chi connectivity index (χ2n) is 4.77. The fourth-order valence-corrected chi connectivity index (χ4v) is 2.76. The lowest BCUT2D eigenvalue weighted by Crippen LogP contribution is -2.55. The van der Waals surface area contributed by atoms with Crippen LogP contribution in [-0.4, -0.2) is 30.0 Å². The number of benzene rings is 1. The number of carbonyl (C=O) groups excluding carboxylic acids is 1. The topological polar surface area (TPSA) is 58.4 Å². The Morgan fingerprint density at radius 2 is 2.32 bits per heavy atom. The molecule has 0 saturated carbocycles. The summed E-state index contributed by atoms with van der Waals surface area (Å²) in [6.45, 7) is 5.53. The summed E-state index contributed by atoms with van der Waals surface area (Å²) in [5, 5.41) is 2.91. The van der Waals surface area contributed by atoms with Crippen molar-refractivity contribution in [3.8, 4) is 0 Å². The van der Waals surface area contributed by atoms with Crippen molar-refractivity contribution in [2.45, 2.75) is 26.3 Å². The van der Waals surface area contributed by atoms with E-state index in [0.717, 1.165) is 29.8 Å². The van der Waals surface area contributed by atoms with Gasteiger partial charge in [0.1, 0.15) is 11.0 Å². The van der Waals surface area contributed by atoms with Crippen LogP contribution >= 0.6 is 12.2 Å². The SMILES string of the molecule is CCC1C(=O)NCCN1c1ccc(C(N)=S)c(C)c1. The average Bonchev–Trinajstić information content (AvgIpc) is 2.37. The fraction of sp³-hybridized carbons (Fsp3) is 0.429. The van der Waals surface area contributed by atoms with E-state index >= 15 is 0 Å². The lowest BCUT2D eigenvalue weighted by Gasteiger charge is -2.36. The number of nitrogens with zero attached hydrogens (tertiary/aromatic N) is 1. The minimum absolute atomic E-state index is 0.0937. The van der Waals surface area contributed by atoms with E-state index in [2.05, 4.69) is 16.3 Å². The van der Waals surface area contributed by atoms with Crippen molar-refractivity contribution in [2.75, 3.05) is 18.0 Å². The summed E-state index contributed by atoms with van der Waals surface area (Å²) in [5.74, 6) is 0.102. The minimum Gasteiger partial charge on any atom is -0.389 e. The Kier molecular flexibility index (Phi) is 4.04. The van der Waals surface area contributed by atoms with Crippen LogP contribution in [0.3, 0.4) is 0 Å². The quantitative estimate of drug-likeness (QED) is 0.819. The van der Waals surface area contributed by atoms with E-state index in [1.807, 2.05) is 26.0 Å². The maximum atomic E-state index is 11.9. The molecule has 102 valence electrons. The van der Waals surface area contributed by atoms with E-state index in [9.17, 15) is 4.79 Å². The molecule has 0 radical (unpaired) electrons. The molecule has 1 aromatic rings. The molecule has 1 fully saturated rings. The monoisotopic (exact) mass is 277 g/mol. The Morgan fingerprint density at radius 1 is 1.58 bits per heavy atom. The van der Waals surface area contributed by atoms with Crippen LogP contribution in [0.25, 0.3) is 0 Å². The number of anilines is 1. The zero-order chi connectivity index (χ0) is 14.0. The standard InChI is InChI=1S/C14H19N3OS/c1-3-12-14(18)16-6-7-17(12)10-4-5-11(13(15)19)9(2)8-10/h4-5,8,12H,3,6-7H2,1-2H3,(H2,15,19)(H,16,18). The van der Waals surface area contributed by atoms with Gasteiger partial charge in [0.15, 0.2) is 0 Å². The van der Waals surface area contributed by atoms with Gasteiger partial charge in [0, 0.05) is 24.3 Å². The summed E-state index contributed by atoms with van der Waals surface area (Å²) in [4.78, 5) is 14.4. The van der Waals surface area contributed by atoms with E-state index in [-0.39, 0.29) is 11.9 Å². The van der Waals surface area contributed by atoms with Gasteiger partial charge in [-0.1, -0.05) is 19.1 Å². The number of nitrogens with two attached hydrogens (primary N) is 1. The summed E-state index contributed by atoms with van der Waals surface area (Å²) in [6.07, 6.45) is 0.794. The first-order valence-electron chi connectivity index (χ1n) is 6.49. The molecule has 3 N–H and O–H groups in total. The molecule has 2 rings (SSSR count). The summed E-state index contributed by atoms with van der Waals surface area (Å²) in [7, 11) is 0. The van der Waals surface area contributed by atoms with Crippen LogP contribution in [0, 0.1) is 6.92 Å². The van der Waals surface area contributed by atoms with Crippen LogP contribution in [0.15, 0.2) is 18.2 Å². The number of hydrogen-bond acceptors (Lipinski definition) is 3. The first kappa shape index (κ1) is 13.8. The highest BCUT2D eigenvalue weighted by atomic mass is 32.1. The van der Waals surface area contributed by atoms with E-state index < -0.39 is 0 Å². The van der Waals surface area contributed by atoms with Gasteiger partial charge in [0.05, 0.1) is 0 Å². The zero-order valence-electron chi connectivity index (χ0n) is 11.3. The van der Waals surface area contributed by atoms with Crippen LogP contribution in [0.1, 0.15) is 24.5 Å². The number of carbonyl (C=O) groups is 1. The number of aryl methyl sites for hydroxylation is 1. The first-order chi connectivity index (χ1) is 9.04. The largest absolute Gasteiger partial charge is 0.389 e. The fourth-order valence-electron chi connectivity index (χ4n) is 2.53. The number of hydrogen-bond donors (Lipinski definition) is 2. The third kappa shape index (κ3) is 2.71. The smallest absolute Gasteiger partial charge is 0.242 e. The molecule has 5 heteroatoms. The normalized spacial score (nSPS) is 19.2. The number of nitrogens with one attached hydrogen (secondary N) is 1. The van der Waals surface area contributed by atoms with Crippen molar-refractivity contribution in [1.82, 2.24) is 5.32 Å². The Bertz CT molecular complexity index is 515. The van der Waals surface area contributed by atoms with Crippen LogP contribution in [0.4, 0.5) is 5.69 Å². The Labute approximate surface area is 119 Å². The molecule has 1 aliphatic heterocycles. The first-order valence-corrected chi connectivity index (χ1v) is 6.90. The van der Waals surface area contributed by atoms with Crippen molar-refractivity contribution in [2.24, 2.45) is 5.73 Å². The highest BCUT2D eigenvalue weighted by molar-refractivity contribution is 7.80. The van der Waals surface area contributed by atoms with Crippen LogP contribution in [0.2, 0.25) is 0 Å². The highest BCUT2D eigenvalue weighted by Crippen LogP contribution is 2.23. The van der Waals surface area contributed by atoms with Gasteiger partial charge in [-0.05, 0) is 37.1 Å². The molecule has 19 heavy (non-hydrogen) atoms. The van der Waals surface area contributed by atoms with E-state index in [1.165, 1.54) is 0 Å². The molecule has 4 nitrogen and oxygen atoms in total. The number of amides is 1. The summed E-state index contributed by atoms with van der Waals surface area (Å²) in [6, 6.07) is 5.88. The predicted molar refractivity (Wildman–Crippen MR) is 81.5 cm³/mol. The maximum absolute atomic E-state index is 11.9. The second-order valence-corrected chi connectivity index (χ2v) is 5.21. The number of piperazine rings is 1.